The van der Waals surface area contributed by atoms with Crippen molar-refractivity contribution in [1.29, 1.82) is 0 Å². The molecular formula is C36H73NO5. The van der Waals surface area contributed by atoms with Crippen LogP contribution in [0.15, 0.2) is 0 Å². The highest BCUT2D eigenvalue weighted by atomic mass is 16.3. The van der Waals surface area contributed by atoms with Gasteiger partial charge >= 0.3 is 0 Å². The summed E-state index contributed by atoms with van der Waals surface area (Å²) < 4.78 is 0. The first-order chi connectivity index (χ1) is 20.5. The Hall–Kier alpha value is -0.690. The van der Waals surface area contributed by atoms with Crippen LogP contribution in [-0.2, 0) is 4.79 Å². The molecule has 0 bridgehead atoms. The Morgan fingerprint density at radius 1 is 0.500 bits per heavy atom. The number of aliphatic hydroxyl groups excluding tert-OH is 4. The van der Waals surface area contributed by atoms with Crippen LogP contribution in [0.25, 0.3) is 0 Å². The Bertz CT molecular complexity index is 561. The number of hydrogen-bond acceptors (Lipinski definition) is 5. The van der Waals surface area contributed by atoms with Crippen LogP contribution in [0.1, 0.15) is 194 Å². The minimum atomic E-state index is -1.25. The number of carbonyl (C=O) groups is 1. The molecule has 0 saturated heterocycles. The summed E-state index contributed by atoms with van der Waals surface area (Å²) >= 11 is 0. The third-order valence-corrected chi connectivity index (χ3v) is 8.82. The van der Waals surface area contributed by atoms with E-state index in [1.165, 1.54) is 128 Å². The number of aliphatic hydroxyl groups is 4. The largest absolute Gasteiger partial charge is 0.394 e. The monoisotopic (exact) mass is 600 g/mol. The summed E-state index contributed by atoms with van der Waals surface area (Å²) in [6, 6.07) is -0.976. The van der Waals surface area contributed by atoms with Gasteiger partial charge in [0, 0.05) is 0 Å². The first kappa shape index (κ1) is 41.3. The Kier molecular flexibility index (Phi) is 31.2. The highest BCUT2D eigenvalue weighted by Crippen LogP contribution is 2.16. The van der Waals surface area contributed by atoms with Gasteiger partial charge in [0.05, 0.1) is 18.8 Å². The van der Waals surface area contributed by atoms with Gasteiger partial charge in [-0.3, -0.25) is 4.79 Å². The van der Waals surface area contributed by atoms with E-state index in [4.69, 9.17) is 0 Å². The van der Waals surface area contributed by atoms with Crippen LogP contribution >= 0.6 is 0 Å². The Morgan fingerprint density at radius 2 is 0.810 bits per heavy atom. The van der Waals surface area contributed by atoms with Gasteiger partial charge < -0.3 is 25.7 Å². The molecule has 0 radical (unpaired) electrons. The standard InChI is InChI=1S/C36H73NO5/c1-3-5-7-9-11-13-14-15-16-17-18-19-20-21-22-24-25-27-29-33(39)35(41)32(31-38)37-36(42)34(40)30-28-26-23-12-10-8-6-4-2/h32-35,38-41H,3-31H2,1-2H3,(H,37,42). The van der Waals surface area contributed by atoms with Gasteiger partial charge in [0.15, 0.2) is 0 Å². The molecule has 0 saturated carbocycles. The van der Waals surface area contributed by atoms with Crippen LogP contribution in [-0.4, -0.2) is 57.3 Å². The van der Waals surface area contributed by atoms with Crippen LogP contribution in [0, 0.1) is 0 Å². The summed E-state index contributed by atoms with van der Waals surface area (Å²) in [4.78, 5) is 12.3. The van der Waals surface area contributed by atoms with Crippen LogP contribution in [0.5, 0.6) is 0 Å². The molecule has 0 aliphatic heterocycles. The van der Waals surface area contributed by atoms with Gasteiger partial charge in [-0.15, -0.1) is 0 Å². The molecule has 6 heteroatoms. The lowest BCUT2D eigenvalue weighted by molar-refractivity contribution is -0.132. The molecule has 42 heavy (non-hydrogen) atoms. The molecule has 0 aliphatic rings. The number of nitrogens with one attached hydrogen (secondary N) is 1. The molecule has 0 heterocycles. The highest BCUT2D eigenvalue weighted by Gasteiger charge is 2.28. The normalized spacial score (nSPS) is 14.5. The second kappa shape index (κ2) is 31.7. The smallest absolute Gasteiger partial charge is 0.249 e. The lowest BCUT2D eigenvalue weighted by Gasteiger charge is -2.27. The molecule has 5 N–H and O–H groups in total. The minimum Gasteiger partial charge on any atom is -0.394 e. The van der Waals surface area contributed by atoms with E-state index in [-0.39, 0.29) is 0 Å². The van der Waals surface area contributed by atoms with E-state index >= 15 is 0 Å². The Labute approximate surface area is 260 Å². The van der Waals surface area contributed by atoms with Gasteiger partial charge in [-0.1, -0.05) is 181 Å². The molecule has 4 unspecified atom stereocenters. The van der Waals surface area contributed by atoms with Crippen molar-refractivity contribution in [2.45, 2.75) is 218 Å². The number of hydrogen-bond donors (Lipinski definition) is 5. The summed E-state index contributed by atoms with van der Waals surface area (Å²) in [6.07, 6.45) is 29.9. The van der Waals surface area contributed by atoms with E-state index in [1.807, 2.05) is 0 Å². The quantitative estimate of drug-likeness (QED) is 0.0486. The van der Waals surface area contributed by atoms with Gasteiger partial charge in [-0.2, -0.15) is 0 Å². The topological polar surface area (TPSA) is 110 Å². The van der Waals surface area contributed by atoms with Gasteiger partial charge in [-0.05, 0) is 12.8 Å². The van der Waals surface area contributed by atoms with E-state index in [0.29, 0.717) is 12.8 Å². The highest BCUT2D eigenvalue weighted by molar-refractivity contribution is 5.80. The van der Waals surface area contributed by atoms with E-state index in [9.17, 15) is 25.2 Å². The first-order valence-electron chi connectivity index (χ1n) is 18.4. The maximum Gasteiger partial charge on any atom is 0.249 e. The molecule has 1 amide bonds. The van der Waals surface area contributed by atoms with Crippen LogP contribution < -0.4 is 5.32 Å². The average molecular weight is 600 g/mol. The van der Waals surface area contributed by atoms with Gasteiger partial charge in [0.2, 0.25) is 5.91 Å². The SMILES string of the molecule is CCCCCCCCCCCCCCCCCCCCC(O)C(O)C(CO)NC(=O)C(O)CCCCCCCCCC. The lowest BCUT2D eigenvalue weighted by Crippen LogP contribution is -2.53. The van der Waals surface area contributed by atoms with Crippen molar-refractivity contribution in [1.82, 2.24) is 5.32 Å². The zero-order valence-corrected chi connectivity index (χ0v) is 28.0. The molecule has 0 spiro atoms. The fourth-order valence-electron chi connectivity index (χ4n) is 5.81. The summed E-state index contributed by atoms with van der Waals surface area (Å²) in [5, 5.41) is 43.3. The van der Waals surface area contributed by atoms with Crippen LogP contribution in [0.4, 0.5) is 0 Å². The molecule has 0 aromatic rings. The molecule has 0 fully saturated rings. The number of rotatable bonds is 33. The lowest BCUT2D eigenvalue weighted by atomic mass is 9.99. The maximum absolute atomic E-state index is 12.3. The molecule has 0 rings (SSSR count). The van der Waals surface area contributed by atoms with Gasteiger partial charge in [0.1, 0.15) is 12.2 Å². The second-order valence-corrected chi connectivity index (χ2v) is 12.9. The number of carbonyl (C=O) groups excluding carboxylic acids is 1. The van der Waals surface area contributed by atoms with Crippen molar-refractivity contribution >= 4 is 5.91 Å². The minimum absolute atomic E-state index is 0.372. The van der Waals surface area contributed by atoms with E-state index < -0.39 is 36.9 Å². The summed E-state index contributed by atoms with van der Waals surface area (Å²) in [5.74, 6) is -0.587. The van der Waals surface area contributed by atoms with Gasteiger partial charge in [0.25, 0.3) is 0 Å². The zero-order valence-electron chi connectivity index (χ0n) is 28.0. The first-order valence-corrected chi connectivity index (χ1v) is 18.4. The second-order valence-electron chi connectivity index (χ2n) is 12.9. The van der Waals surface area contributed by atoms with Crippen molar-refractivity contribution in [2.24, 2.45) is 0 Å². The summed E-state index contributed by atoms with van der Waals surface area (Å²) in [6.45, 7) is 4.00. The molecule has 0 aliphatic carbocycles. The third kappa shape index (κ3) is 25.8. The van der Waals surface area contributed by atoms with Crippen molar-refractivity contribution in [2.75, 3.05) is 6.61 Å². The van der Waals surface area contributed by atoms with E-state index in [0.717, 1.165) is 38.5 Å². The predicted molar refractivity (Wildman–Crippen MR) is 178 cm³/mol. The van der Waals surface area contributed by atoms with E-state index in [1.54, 1.807) is 0 Å². The molecule has 252 valence electrons. The Balaban J connectivity index is 3.73. The third-order valence-electron chi connectivity index (χ3n) is 8.82. The van der Waals surface area contributed by atoms with Crippen LogP contribution in [0.3, 0.4) is 0 Å². The van der Waals surface area contributed by atoms with Crippen molar-refractivity contribution in [3.05, 3.63) is 0 Å². The number of amides is 1. The van der Waals surface area contributed by atoms with Crippen molar-refractivity contribution in [3.63, 3.8) is 0 Å². The molecular weight excluding hydrogens is 526 g/mol. The van der Waals surface area contributed by atoms with Crippen LogP contribution in [0.2, 0.25) is 0 Å². The van der Waals surface area contributed by atoms with Gasteiger partial charge in [-0.25, -0.2) is 0 Å². The molecule has 6 nitrogen and oxygen atoms in total. The molecule has 0 aromatic heterocycles. The molecule has 0 aromatic carbocycles. The van der Waals surface area contributed by atoms with Crippen molar-refractivity contribution < 1.29 is 25.2 Å². The Morgan fingerprint density at radius 3 is 1.14 bits per heavy atom. The predicted octanol–water partition coefficient (Wildman–Crippen LogP) is 8.51. The number of unbranched alkanes of at least 4 members (excludes halogenated alkanes) is 24. The van der Waals surface area contributed by atoms with E-state index in [2.05, 4.69) is 19.2 Å². The maximum atomic E-state index is 12.3. The average Bonchev–Trinajstić information content (AvgIpc) is 2.99. The summed E-state index contributed by atoms with van der Waals surface area (Å²) in [5.41, 5.74) is 0. The summed E-state index contributed by atoms with van der Waals surface area (Å²) in [7, 11) is 0. The fourth-order valence-corrected chi connectivity index (χ4v) is 5.81. The fraction of sp³-hybridized carbons (Fsp3) is 0.972. The molecule has 4 atom stereocenters. The van der Waals surface area contributed by atoms with Crippen molar-refractivity contribution in [3.8, 4) is 0 Å². The zero-order chi connectivity index (χ0) is 31.1.